The summed E-state index contributed by atoms with van der Waals surface area (Å²) in [5, 5.41) is 3.53. The number of benzene rings is 1. The van der Waals surface area contributed by atoms with Crippen molar-refractivity contribution in [3.63, 3.8) is 0 Å². The summed E-state index contributed by atoms with van der Waals surface area (Å²) in [4.78, 5) is 0. The second-order valence-electron chi connectivity index (χ2n) is 5.73. The Labute approximate surface area is 115 Å². The predicted molar refractivity (Wildman–Crippen MR) is 76.1 cm³/mol. The molecular weight excluding hydrogens is 238 g/mol. The molecule has 1 aliphatic carbocycles. The van der Waals surface area contributed by atoms with Gasteiger partial charge in [-0.15, -0.1) is 0 Å². The highest BCUT2D eigenvalue weighted by atomic mass is 16.6. The highest BCUT2D eigenvalue weighted by Crippen LogP contribution is 2.49. The molecule has 19 heavy (non-hydrogen) atoms. The molecule has 104 valence electrons. The lowest BCUT2D eigenvalue weighted by atomic mass is 9.57. The van der Waals surface area contributed by atoms with Gasteiger partial charge in [-0.05, 0) is 43.0 Å². The predicted octanol–water partition coefficient (Wildman–Crippen LogP) is 2.74. The molecule has 1 aromatic rings. The van der Waals surface area contributed by atoms with E-state index in [0.29, 0.717) is 13.2 Å². The monoisotopic (exact) mass is 261 g/mol. The topological polar surface area (TPSA) is 30.5 Å². The van der Waals surface area contributed by atoms with Crippen LogP contribution in [0.4, 0.5) is 0 Å². The molecule has 0 spiro atoms. The van der Waals surface area contributed by atoms with Crippen molar-refractivity contribution in [3.05, 3.63) is 23.8 Å². The number of fused-ring (bicyclic) bond motifs is 1. The first-order valence-corrected chi connectivity index (χ1v) is 7.37. The quantitative estimate of drug-likeness (QED) is 0.904. The molecule has 1 N–H and O–H groups in total. The highest BCUT2D eigenvalue weighted by Gasteiger charge is 2.45. The summed E-state index contributed by atoms with van der Waals surface area (Å²) in [7, 11) is 0. The fraction of sp³-hybridized carbons (Fsp3) is 0.625. The van der Waals surface area contributed by atoms with Crippen molar-refractivity contribution < 1.29 is 9.47 Å². The van der Waals surface area contributed by atoms with Crippen molar-refractivity contribution in [2.45, 2.75) is 32.1 Å². The molecule has 0 saturated heterocycles. The van der Waals surface area contributed by atoms with Crippen LogP contribution in [0.25, 0.3) is 0 Å². The molecule has 3 heteroatoms. The average Bonchev–Trinajstić information content (AvgIpc) is 2.46. The molecule has 1 aromatic carbocycles. The molecule has 2 atom stereocenters. The van der Waals surface area contributed by atoms with Crippen LogP contribution < -0.4 is 14.8 Å². The van der Waals surface area contributed by atoms with Crippen molar-refractivity contribution in [3.8, 4) is 11.5 Å². The maximum absolute atomic E-state index is 5.72. The normalized spacial score (nSPS) is 28.8. The van der Waals surface area contributed by atoms with Gasteiger partial charge in [-0.1, -0.05) is 19.9 Å². The Balaban J connectivity index is 1.90. The number of ether oxygens (including phenoxy) is 2. The van der Waals surface area contributed by atoms with Crippen molar-refractivity contribution >= 4 is 0 Å². The van der Waals surface area contributed by atoms with E-state index in [0.717, 1.165) is 30.5 Å². The Bertz CT molecular complexity index is 460. The molecular formula is C16H23NO2. The van der Waals surface area contributed by atoms with Gasteiger partial charge < -0.3 is 14.8 Å². The second kappa shape index (κ2) is 5.04. The van der Waals surface area contributed by atoms with Gasteiger partial charge in [0, 0.05) is 12.0 Å². The van der Waals surface area contributed by atoms with Crippen molar-refractivity contribution in [1.29, 1.82) is 0 Å². The summed E-state index contributed by atoms with van der Waals surface area (Å²) in [5.41, 5.74) is 1.68. The van der Waals surface area contributed by atoms with Crippen molar-refractivity contribution in [2.24, 2.45) is 5.92 Å². The van der Waals surface area contributed by atoms with Crippen LogP contribution in [0, 0.1) is 5.92 Å². The molecule has 1 saturated carbocycles. The van der Waals surface area contributed by atoms with E-state index in [1.807, 2.05) is 0 Å². The van der Waals surface area contributed by atoms with E-state index < -0.39 is 0 Å². The van der Waals surface area contributed by atoms with Gasteiger partial charge >= 0.3 is 0 Å². The van der Waals surface area contributed by atoms with Crippen LogP contribution in [-0.4, -0.2) is 26.3 Å². The lowest BCUT2D eigenvalue weighted by Crippen LogP contribution is -2.50. The molecule has 2 aliphatic rings. The molecule has 3 rings (SSSR count). The number of hydrogen-bond acceptors (Lipinski definition) is 3. The zero-order valence-electron chi connectivity index (χ0n) is 11.9. The summed E-state index contributed by atoms with van der Waals surface area (Å²) in [6.07, 6.45) is 2.58. The van der Waals surface area contributed by atoms with Gasteiger partial charge in [-0.2, -0.15) is 0 Å². The first-order chi connectivity index (χ1) is 9.26. The zero-order valence-corrected chi connectivity index (χ0v) is 11.9. The van der Waals surface area contributed by atoms with Gasteiger partial charge in [0.25, 0.3) is 0 Å². The van der Waals surface area contributed by atoms with Crippen LogP contribution in [0.15, 0.2) is 18.2 Å². The molecule has 1 aliphatic heterocycles. The van der Waals surface area contributed by atoms with E-state index in [1.165, 1.54) is 18.4 Å². The first kappa shape index (κ1) is 12.8. The molecule has 1 heterocycles. The molecule has 0 aromatic heterocycles. The number of likely N-dealkylation sites (N-methyl/N-ethyl adjacent to an activating group) is 1. The summed E-state index contributed by atoms with van der Waals surface area (Å²) < 4.78 is 11.3. The van der Waals surface area contributed by atoms with Gasteiger partial charge in [-0.3, -0.25) is 0 Å². The van der Waals surface area contributed by atoms with E-state index in [4.69, 9.17) is 9.47 Å². The van der Waals surface area contributed by atoms with Crippen molar-refractivity contribution in [1.82, 2.24) is 5.32 Å². The largest absolute Gasteiger partial charge is 0.486 e. The zero-order chi connectivity index (χ0) is 13.3. The Kier molecular flexibility index (Phi) is 3.40. The third kappa shape index (κ3) is 2.10. The van der Waals surface area contributed by atoms with Gasteiger partial charge in [-0.25, -0.2) is 0 Å². The summed E-state index contributed by atoms with van der Waals surface area (Å²) in [5.74, 6) is 2.54. The maximum Gasteiger partial charge on any atom is 0.161 e. The summed E-state index contributed by atoms with van der Waals surface area (Å²) >= 11 is 0. The van der Waals surface area contributed by atoms with Gasteiger partial charge in [0.15, 0.2) is 11.5 Å². The lowest BCUT2D eigenvalue weighted by Gasteiger charge is -2.49. The number of rotatable bonds is 4. The fourth-order valence-electron chi connectivity index (χ4n) is 3.28. The molecule has 0 radical (unpaired) electrons. The van der Waals surface area contributed by atoms with E-state index in [1.54, 1.807) is 0 Å². The average molecular weight is 261 g/mol. The summed E-state index contributed by atoms with van der Waals surface area (Å²) in [6, 6.07) is 6.49. The van der Waals surface area contributed by atoms with Crippen LogP contribution in [0.1, 0.15) is 32.3 Å². The number of nitrogens with one attached hydrogen (secondary N) is 1. The molecule has 3 nitrogen and oxygen atoms in total. The Morgan fingerprint density at radius 2 is 2.05 bits per heavy atom. The molecule has 0 bridgehead atoms. The minimum absolute atomic E-state index is 0.284. The Morgan fingerprint density at radius 3 is 2.68 bits per heavy atom. The molecule has 0 amide bonds. The highest BCUT2D eigenvalue weighted by molar-refractivity contribution is 5.47. The first-order valence-electron chi connectivity index (χ1n) is 7.37. The van der Waals surface area contributed by atoms with Crippen LogP contribution in [0.5, 0.6) is 11.5 Å². The van der Waals surface area contributed by atoms with E-state index >= 15 is 0 Å². The SMILES string of the molecule is CCNCC1(c2ccc3c(c2)OCCO3)CCC1C. The van der Waals surface area contributed by atoms with Gasteiger partial charge in [0.2, 0.25) is 0 Å². The third-order valence-electron chi connectivity index (χ3n) is 4.77. The van der Waals surface area contributed by atoms with Crippen LogP contribution in [0.3, 0.4) is 0 Å². The van der Waals surface area contributed by atoms with E-state index in [-0.39, 0.29) is 5.41 Å². The second-order valence-corrected chi connectivity index (χ2v) is 5.73. The Hall–Kier alpha value is -1.22. The van der Waals surface area contributed by atoms with Gasteiger partial charge in [0.05, 0.1) is 0 Å². The standard InChI is InChI=1S/C16H23NO2/c1-3-17-11-16(7-6-12(16)2)13-4-5-14-15(10-13)19-9-8-18-14/h4-5,10,12,17H,3,6-9,11H2,1-2H3. The smallest absolute Gasteiger partial charge is 0.161 e. The fourth-order valence-corrected chi connectivity index (χ4v) is 3.28. The van der Waals surface area contributed by atoms with Crippen LogP contribution in [-0.2, 0) is 5.41 Å². The van der Waals surface area contributed by atoms with Crippen LogP contribution in [0.2, 0.25) is 0 Å². The third-order valence-corrected chi connectivity index (χ3v) is 4.77. The van der Waals surface area contributed by atoms with Crippen LogP contribution >= 0.6 is 0 Å². The molecule has 2 unspecified atom stereocenters. The Morgan fingerprint density at radius 1 is 1.26 bits per heavy atom. The lowest BCUT2D eigenvalue weighted by molar-refractivity contribution is 0.132. The number of hydrogen-bond donors (Lipinski definition) is 1. The summed E-state index contributed by atoms with van der Waals surface area (Å²) in [6.45, 7) is 7.93. The minimum Gasteiger partial charge on any atom is -0.486 e. The van der Waals surface area contributed by atoms with E-state index in [2.05, 4.69) is 37.4 Å². The van der Waals surface area contributed by atoms with Gasteiger partial charge in [0.1, 0.15) is 13.2 Å². The maximum atomic E-state index is 5.72. The van der Waals surface area contributed by atoms with E-state index in [9.17, 15) is 0 Å². The van der Waals surface area contributed by atoms with Crippen molar-refractivity contribution in [2.75, 3.05) is 26.3 Å². The molecule has 1 fully saturated rings. The minimum atomic E-state index is 0.284.